The summed E-state index contributed by atoms with van der Waals surface area (Å²) < 4.78 is 27.7. The topological polar surface area (TPSA) is 65.0 Å². The number of para-hydroxylation sites is 1. The molecule has 1 saturated heterocycles. The summed E-state index contributed by atoms with van der Waals surface area (Å²) in [4.78, 5) is 0. The molecule has 1 aliphatic heterocycles. The molecule has 0 radical (unpaired) electrons. The molecule has 7 heteroatoms. The van der Waals surface area contributed by atoms with Gasteiger partial charge in [-0.1, -0.05) is 24.5 Å². The fraction of sp³-hybridized carbons (Fsp3) is 0.400. The van der Waals surface area contributed by atoms with E-state index < -0.39 is 20.0 Å². The first-order chi connectivity index (χ1) is 8.13. The van der Waals surface area contributed by atoms with E-state index in [0.717, 1.165) is 0 Å². The lowest BCUT2D eigenvalue weighted by atomic mass is 9.99. The SMILES string of the molecule is BC[C@@H]1OC[P@@](=O)(Oc2ccccc2)OC1O. The predicted molar refractivity (Wildman–Crippen MR) is 64.9 cm³/mol. The van der Waals surface area contributed by atoms with E-state index >= 15 is 0 Å². The van der Waals surface area contributed by atoms with Crippen molar-refractivity contribution in [3.05, 3.63) is 30.3 Å². The lowest BCUT2D eigenvalue weighted by Crippen LogP contribution is -2.36. The van der Waals surface area contributed by atoms with Crippen LogP contribution in [0.3, 0.4) is 0 Å². The molecule has 0 aliphatic carbocycles. The zero-order valence-electron chi connectivity index (χ0n) is 9.48. The quantitative estimate of drug-likeness (QED) is 0.645. The van der Waals surface area contributed by atoms with Gasteiger partial charge in [0, 0.05) is 0 Å². The zero-order chi connectivity index (χ0) is 12.3. The second-order valence-corrected chi connectivity index (χ2v) is 5.63. The van der Waals surface area contributed by atoms with Crippen molar-refractivity contribution in [2.45, 2.75) is 18.7 Å². The summed E-state index contributed by atoms with van der Waals surface area (Å²) in [5, 5.41) is 9.58. The lowest BCUT2D eigenvalue weighted by Gasteiger charge is -2.32. The van der Waals surface area contributed by atoms with Crippen LogP contribution in [0.1, 0.15) is 0 Å². The Hall–Kier alpha value is -0.805. The monoisotopic (exact) mass is 256 g/mol. The molecule has 1 fully saturated rings. The van der Waals surface area contributed by atoms with Gasteiger partial charge in [0.05, 0.1) is 0 Å². The Morgan fingerprint density at radius 3 is 2.76 bits per heavy atom. The molecule has 2 rings (SSSR count). The molecule has 1 aromatic rings. The number of aliphatic hydroxyl groups excluding tert-OH is 1. The second-order valence-electron chi connectivity index (χ2n) is 3.75. The van der Waals surface area contributed by atoms with Gasteiger partial charge in [-0.15, -0.1) is 0 Å². The van der Waals surface area contributed by atoms with E-state index in [0.29, 0.717) is 12.1 Å². The fourth-order valence-electron chi connectivity index (χ4n) is 1.54. The first kappa shape index (κ1) is 12.6. The first-order valence-corrected chi connectivity index (χ1v) is 7.17. The maximum atomic E-state index is 12.1. The second kappa shape index (κ2) is 5.23. The Kier molecular flexibility index (Phi) is 3.89. The van der Waals surface area contributed by atoms with Crippen LogP contribution in [0.15, 0.2) is 30.3 Å². The minimum atomic E-state index is -3.41. The minimum Gasteiger partial charge on any atom is -0.423 e. The summed E-state index contributed by atoms with van der Waals surface area (Å²) in [6.45, 7) is 0. The number of aliphatic hydroxyl groups is 1. The van der Waals surface area contributed by atoms with Crippen LogP contribution in [0.5, 0.6) is 5.75 Å². The van der Waals surface area contributed by atoms with E-state index in [1.54, 1.807) is 24.3 Å². The van der Waals surface area contributed by atoms with Gasteiger partial charge in [0.25, 0.3) is 0 Å². The van der Waals surface area contributed by atoms with Crippen molar-refractivity contribution in [1.29, 1.82) is 0 Å². The van der Waals surface area contributed by atoms with Crippen molar-refractivity contribution in [2.75, 3.05) is 6.35 Å². The Morgan fingerprint density at radius 1 is 1.47 bits per heavy atom. The number of rotatable bonds is 3. The standard InChI is InChI=1S/C10H14BO5P/c11-6-9-10(12)16-17(13,7-14-9)15-8-4-2-1-3-5-8/h1-5,9-10,12H,6-7,11H2/t9-,10?,17+/m0/s1. The van der Waals surface area contributed by atoms with Gasteiger partial charge in [-0.2, -0.15) is 0 Å². The van der Waals surface area contributed by atoms with E-state index in [1.807, 2.05) is 13.9 Å². The number of ether oxygens (including phenoxy) is 1. The molecule has 1 aliphatic rings. The van der Waals surface area contributed by atoms with Crippen LogP contribution in [-0.4, -0.2) is 31.7 Å². The molecule has 1 unspecified atom stereocenters. The fourth-order valence-corrected chi connectivity index (χ4v) is 2.98. The minimum absolute atomic E-state index is 0.141. The molecule has 1 aromatic carbocycles. The third kappa shape index (κ3) is 3.10. The molecule has 92 valence electrons. The van der Waals surface area contributed by atoms with Crippen LogP contribution >= 0.6 is 7.60 Å². The molecular formula is C10H14BO5P. The van der Waals surface area contributed by atoms with E-state index in [1.165, 1.54) is 0 Å². The average Bonchev–Trinajstić information content (AvgIpc) is 2.30. The maximum absolute atomic E-state index is 12.1. The number of benzene rings is 1. The Balaban J connectivity index is 2.04. The highest BCUT2D eigenvalue weighted by atomic mass is 31.2. The van der Waals surface area contributed by atoms with Gasteiger partial charge in [-0.05, 0) is 12.1 Å². The molecule has 5 nitrogen and oxygen atoms in total. The molecule has 1 heterocycles. The van der Waals surface area contributed by atoms with Gasteiger partial charge in [-0.3, -0.25) is 4.52 Å². The summed E-state index contributed by atoms with van der Waals surface area (Å²) in [5.74, 6) is 0.432. The van der Waals surface area contributed by atoms with Crippen LogP contribution < -0.4 is 4.52 Å². The van der Waals surface area contributed by atoms with Gasteiger partial charge in [0.15, 0.2) is 12.6 Å². The maximum Gasteiger partial charge on any atom is 0.407 e. The summed E-state index contributed by atoms with van der Waals surface area (Å²) in [6.07, 6.45) is -1.20. The Bertz CT molecular complexity index is 412. The molecule has 0 aromatic heterocycles. The van der Waals surface area contributed by atoms with E-state index in [4.69, 9.17) is 13.8 Å². The largest absolute Gasteiger partial charge is 0.423 e. The van der Waals surface area contributed by atoms with Crippen LogP contribution in [0.4, 0.5) is 0 Å². The average molecular weight is 256 g/mol. The van der Waals surface area contributed by atoms with E-state index in [9.17, 15) is 9.67 Å². The lowest BCUT2D eigenvalue weighted by molar-refractivity contribution is -0.142. The van der Waals surface area contributed by atoms with Gasteiger partial charge < -0.3 is 14.4 Å². The van der Waals surface area contributed by atoms with Crippen LogP contribution in [0.25, 0.3) is 0 Å². The van der Waals surface area contributed by atoms with Crippen molar-refractivity contribution < 1.29 is 23.5 Å². The molecule has 3 atom stereocenters. The van der Waals surface area contributed by atoms with Crippen LogP contribution in [0, 0.1) is 0 Å². The van der Waals surface area contributed by atoms with Crippen molar-refractivity contribution in [2.24, 2.45) is 0 Å². The Labute approximate surface area is 101 Å². The predicted octanol–water partition coefficient (Wildman–Crippen LogP) is 1.00. The van der Waals surface area contributed by atoms with E-state index in [-0.39, 0.29) is 6.35 Å². The van der Waals surface area contributed by atoms with Gasteiger partial charge in [0.1, 0.15) is 19.7 Å². The van der Waals surface area contributed by atoms with Crippen molar-refractivity contribution >= 4 is 15.4 Å². The highest BCUT2D eigenvalue weighted by molar-refractivity contribution is 7.54. The van der Waals surface area contributed by atoms with E-state index in [2.05, 4.69) is 0 Å². The highest BCUT2D eigenvalue weighted by Crippen LogP contribution is 2.52. The highest BCUT2D eigenvalue weighted by Gasteiger charge is 2.39. The van der Waals surface area contributed by atoms with Crippen LogP contribution in [-0.2, 0) is 13.8 Å². The zero-order valence-corrected chi connectivity index (χ0v) is 10.4. The molecule has 17 heavy (non-hydrogen) atoms. The smallest absolute Gasteiger partial charge is 0.407 e. The number of hydrogen-bond acceptors (Lipinski definition) is 5. The van der Waals surface area contributed by atoms with Crippen molar-refractivity contribution in [1.82, 2.24) is 0 Å². The molecule has 0 amide bonds. The molecule has 0 saturated carbocycles. The summed E-state index contributed by atoms with van der Waals surface area (Å²) in [6, 6.07) is 8.68. The summed E-state index contributed by atoms with van der Waals surface area (Å²) >= 11 is 0. The normalized spacial score (nSPS) is 33.2. The van der Waals surface area contributed by atoms with Crippen molar-refractivity contribution in [3.8, 4) is 5.75 Å². The van der Waals surface area contributed by atoms with Gasteiger partial charge >= 0.3 is 7.60 Å². The Morgan fingerprint density at radius 2 is 2.18 bits per heavy atom. The van der Waals surface area contributed by atoms with Crippen molar-refractivity contribution in [3.63, 3.8) is 0 Å². The molecular weight excluding hydrogens is 242 g/mol. The van der Waals surface area contributed by atoms with Gasteiger partial charge in [0.2, 0.25) is 0 Å². The third-order valence-electron chi connectivity index (χ3n) is 2.42. The van der Waals surface area contributed by atoms with Gasteiger partial charge in [-0.25, -0.2) is 4.57 Å². The molecule has 1 N–H and O–H groups in total. The molecule has 0 spiro atoms. The molecule has 0 bridgehead atoms. The summed E-state index contributed by atoms with van der Waals surface area (Å²) in [7, 11) is -1.56. The van der Waals surface area contributed by atoms with Crippen LogP contribution in [0.2, 0.25) is 6.32 Å². The number of hydrogen-bond donors (Lipinski definition) is 1. The third-order valence-corrected chi connectivity index (χ3v) is 3.91. The first-order valence-electron chi connectivity index (χ1n) is 5.45. The summed E-state index contributed by atoms with van der Waals surface area (Å²) in [5.41, 5.74) is 0.